The van der Waals surface area contributed by atoms with Crippen LogP contribution >= 0.6 is 0 Å². The summed E-state index contributed by atoms with van der Waals surface area (Å²) in [6.45, 7) is 1.52. The minimum Gasteiger partial charge on any atom is -0.388 e. The van der Waals surface area contributed by atoms with E-state index in [0.717, 1.165) is 0 Å². The Morgan fingerprint density at radius 2 is 2.12 bits per heavy atom. The minimum atomic E-state index is -0.272. The monoisotopic (exact) mass is 221 g/mol. The Bertz CT molecular complexity index is 522. The second-order valence-corrected chi connectivity index (χ2v) is 3.62. The third-order valence-electron chi connectivity index (χ3n) is 2.54. The van der Waals surface area contributed by atoms with Crippen LogP contribution in [0, 0.1) is 12.7 Å². The van der Waals surface area contributed by atoms with E-state index in [-0.39, 0.29) is 12.4 Å². The van der Waals surface area contributed by atoms with Crippen molar-refractivity contribution in [3.8, 4) is 11.4 Å². The molecule has 0 amide bonds. The third-order valence-corrected chi connectivity index (χ3v) is 2.54. The second-order valence-electron chi connectivity index (χ2n) is 3.62. The topological polar surface area (TPSA) is 50.9 Å². The zero-order chi connectivity index (χ0) is 11.7. The van der Waals surface area contributed by atoms with Gasteiger partial charge >= 0.3 is 0 Å². The predicted octanol–water partition coefficient (Wildman–Crippen LogP) is 1.42. The van der Waals surface area contributed by atoms with Gasteiger partial charge in [-0.1, -0.05) is 12.1 Å². The Labute approximate surface area is 92.4 Å². The van der Waals surface area contributed by atoms with Gasteiger partial charge in [-0.25, -0.2) is 4.39 Å². The zero-order valence-electron chi connectivity index (χ0n) is 9.11. The summed E-state index contributed by atoms with van der Waals surface area (Å²) in [5, 5.41) is 16.7. The molecule has 0 aliphatic rings. The highest BCUT2D eigenvalue weighted by molar-refractivity contribution is 5.56. The average molecular weight is 221 g/mol. The first kappa shape index (κ1) is 10.8. The molecule has 0 spiro atoms. The molecular weight excluding hydrogens is 209 g/mol. The number of benzene rings is 1. The molecule has 4 nitrogen and oxygen atoms in total. The first-order chi connectivity index (χ1) is 7.63. The summed E-state index contributed by atoms with van der Waals surface area (Å²) < 4.78 is 15.0. The van der Waals surface area contributed by atoms with Crippen molar-refractivity contribution in [2.75, 3.05) is 0 Å². The fourth-order valence-electron chi connectivity index (χ4n) is 1.48. The van der Waals surface area contributed by atoms with Gasteiger partial charge < -0.3 is 9.67 Å². The quantitative estimate of drug-likeness (QED) is 0.834. The summed E-state index contributed by atoms with van der Waals surface area (Å²) in [5.74, 6) is 0.727. The Hall–Kier alpha value is -1.75. The van der Waals surface area contributed by atoms with Gasteiger partial charge in [-0.15, -0.1) is 10.2 Å². The maximum atomic E-state index is 13.4. The van der Waals surface area contributed by atoms with Crippen molar-refractivity contribution in [1.29, 1.82) is 0 Å². The molecule has 84 valence electrons. The van der Waals surface area contributed by atoms with E-state index in [1.807, 2.05) is 0 Å². The number of nitrogens with zero attached hydrogens (tertiary/aromatic N) is 3. The standard InChI is InChI=1S/C11H12FN3O/c1-7-3-4-8(5-9(7)12)11-14-13-10(6-16)15(11)2/h3-5,16H,6H2,1-2H3. The zero-order valence-corrected chi connectivity index (χ0v) is 9.11. The minimum absolute atomic E-state index is 0.183. The molecule has 5 heteroatoms. The van der Waals surface area contributed by atoms with E-state index in [1.165, 1.54) is 6.07 Å². The van der Waals surface area contributed by atoms with Crippen LogP contribution in [0.25, 0.3) is 11.4 Å². The molecule has 0 bridgehead atoms. The van der Waals surface area contributed by atoms with Crippen molar-refractivity contribution in [3.63, 3.8) is 0 Å². The summed E-state index contributed by atoms with van der Waals surface area (Å²) in [6, 6.07) is 4.89. The normalized spacial score (nSPS) is 10.8. The largest absolute Gasteiger partial charge is 0.388 e. The number of aromatic nitrogens is 3. The van der Waals surface area contributed by atoms with Gasteiger partial charge in [0.2, 0.25) is 0 Å². The van der Waals surface area contributed by atoms with Crippen molar-refractivity contribution in [2.24, 2.45) is 7.05 Å². The molecule has 0 fully saturated rings. The number of hydrogen-bond acceptors (Lipinski definition) is 3. The molecule has 0 saturated carbocycles. The van der Waals surface area contributed by atoms with Crippen LogP contribution in [0.4, 0.5) is 4.39 Å². The van der Waals surface area contributed by atoms with Crippen LogP contribution in [0.3, 0.4) is 0 Å². The first-order valence-corrected chi connectivity index (χ1v) is 4.89. The lowest BCUT2D eigenvalue weighted by atomic mass is 10.1. The van der Waals surface area contributed by atoms with E-state index in [2.05, 4.69) is 10.2 Å². The van der Waals surface area contributed by atoms with Gasteiger partial charge in [0.25, 0.3) is 0 Å². The number of aliphatic hydroxyl groups excluding tert-OH is 1. The molecule has 0 unspecified atom stereocenters. The van der Waals surface area contributed by atoms with E-state index in [1.54, 1.807) is 30.7 Å². The number of aliphatic hydroxyl groups is 1. The lowest BCUT2D eigenvalue weighted by Crippen LogP contribution is -1.99. The molecular formula is C11H12FN3O. The van der Waals surface area contributed by atoms with Crippen LogP contribution in [0.2, 0.25) is 0 Å². The molecule has 1 N–H and O–H groups in total. The molecule has 0 radical (unpaired) electrons. The van der Waals surface area contributed by atoms with Gasteiger partial charge in [0, 0.05) is 12.6 Å². The summed E-state index contributed by atoms with van der Waals surface area (Å²) in [4.78, 5) is 0. The van der Waals surface area contributed by atoms with Crippen molar-refractivity contribution >= 4 is 0 Å². The first-order valence-electron chi connectivity index (χ1n) is 4.89. The van der Waals surface area contributed by atoms with Crippen LogP contribution in [0.5, 0.6) is 0 Å². The molecule has 2 rings (SSSR count). The highest BCUT2D eigenvalue weighted by atomic mass is 19.1. The van der Waals surface area contributed by atoms with Crippen molar-refractivity contribution in [1.82, 2.24) is 14.8 Å². The molecule has 2 aromatic rings. The average Bonchev–Trinajstić information content (AvgIpc) is 2.64. The molecule has 16 heavy (non-hydrogen) atoms. The van der Waals surface area contributed by atoms with E-state index >= 15 is 0 Å². The smallest absolute Gasteiger partial charge is 0.163 e. The highest BCUT2D eigenvalue weighted by Gasteiger charge is 2.10. The highest BCUT2D eigenvalue weighted by Crippen LogP contribution is 2.20. The predicted molar refractivity (Wildman–Crippen MR) is 57.1 cm³/mol. The second kappa shape index (κ2) is 4.02. The van der Waals surface area contributed by atoms with E-state index in [9.17, 15) is 4.39 Å². The summed E-state index contributed by atoms with van der Waals surface area (Å²) in [6.07, 6.45) is 0. The van der Waals surface area contributed by atoms with Gasteiger partial charge in [0.15, 0.2) is 11.6 Å². The van der Waals surface area contributed by atoms with Crippen LogP contribution < -0.4 is 0 Å². The van der Waals surface area contributed by atoms with E-state index in [4.69, 9.17) is 5.11 Å². The van der Waals surface area contributed by atoms with Crippen molar-refractivity contribution < 1.29 is 9.50 Å². The van der Waals surface area contributed by atoms with Gasteiger partial charge in [0.1, 0.15) is 12.4 Å². The number of rotatable bonds is 2. The molecule has 0 aliphatic heterocycles. The van der Waals surface area contributed by atoms with E-state index < -0.39 is 0 Å². The fraction of sp³-hybridized carbons (Fsp3) is 0.273. The summed E-state index contributed by atoms with van der Waals surface area (Å²) >= 11 is 0. The van der Waals surface area contributed by atoms with Gasteiger partial charge in [0.05, 0.1) is 0 Å². The van der Waals surface area contributed by atoms with E-state index in [0.29, 0.717) is 22.8 Å². The van der Waals surface area contributed by atoms with Gasteiger partial charge in [-0.2, -0.15) is 0 Å². The molecule has 0 saturated heterocycles. The lowest BCUT2D eigenvalue weighted by molar-refractivity contribution is 0.267. The summed E-state index contributed by atoms with van der Waals surface area (Å²) in [7, 11) is 1.73. The third kappa shape index (κ3) is 1.69. The van der Waals surface area contributed by atoms with Gasteiger partial charge in [-0.05, 0) is 18.6 Å². The van der Waals surface area contributed by atoms with Crippen molar-refractivity contribution in [2.45, 2.75) is 13.5 Å². The van der Waals surface area contributed by atoms with Crippen LogP contribution in [-0.2, 0) is 13.7 Å². The Balaban J connectivity index is 2.50. The SMILES string of the molecule is Cc1ccc(-c2nnc(CO)n2C)cc1F. The lowest BCUT2D eigenvalue weighted by Gasteiger charge is -2.03. The Kier molecular flexibility index (Phi) is 2.70. The van der Waals surface area contributed by atoms with Crippen LogP contribution in [0.1, 0.15) is 11.4 Å². The molecule has 1 aromatic heterocycles. The number of aryl methyl sites for hydroxylation is 1. The van der Waals surface area contributed by atoms with Crippen molar-refractivity contribution in [3.05, 3.63) is 35.4 Å². The fourth-order valence-corrected chi connectivity index (χ4v) is 1.48. The Morgan fingerprint density at radius 1 is 1.38 bits per heavy atom. The molecule has 1 heterocycles. The van der Waals surface area contributed by atoms with Crippen LogP contribution in [0.15, 0.2) is 18.2 Å². The molecule has 1 aromatic carbocycles. The Morgan fingerprint density at radius 3 is 2.69 bits per heavy atom. The van der Waals surface area contributed by atoms with Gasteiger partial charge in [-0.3, -0.25) is 0 Å². The maximum absolute atomic E-state index is 13.4. The number of hydrogen-bond donors (Lipinski definition) is 1. The molecule has 0 aliphatic carbocycles. The maximum Gasteiger partial charge on any atom is 0.163 e. The number of halogens is 1. The molecule has 0 atom stereocenters. The van der Waals surface area contributed by atoms with Crippen LogP contribution in [-0.4, -0.2) is 19.9 Å². The summed E-state index contributed by atoms with van der Waals surface area (Å²) in [5.41, 5.74) is 1.24.